The van der Waals surface area contributed by atoms with Gasteiger partial charge in [-0.25, -0.2) is 0 Å². The van der Waals surface area contributed by atoms with E-state index in [9.17, 15) is 9.59 Å². The molecule has 0 radical (unpaired) electrons. The summed E-state index contributed by atoms with van der Waals surface area (Å²) in [6.07, 6.45) is 0. The monoisotopic (exact) mass is 356 g/mol. The van der Waals surface area contributed by atoms with E-state index in [2.05, 4.69) is 0 Å². The van der Waals surface area contributed by atoms with E-state index in [-0.39, 0.29) is 0 Å². The third kappa shape index (κ3) is 5.56. The molecule has 116 valence electrons. The Morgan fingerprint density at radius 1 is 0.900 bits per heavy atom. The van der Waals surface area contributed by atoms with Crippen molar-refractivity contribution >= 4 is 48.1 Å². The quantitative estimate of drug-likeness (QED) is 0.640. The van der Waals surface area contributed by atoms with Crippen molar-refractivity contribution in [3.8, 4) is 0 Å². The van der Waals surface area contributed by atoms with E-state index < -0.39 is 48.1 Å². The summed E-state index contributed by atoms with van der Waals surface area (Å²) in [6, 6.07) is 0. The molecule has 4 unspecified atom stereocenters. The van der Waals surface area contributed by atoms with Crippen LogP contribution in [-0.2, 0) is 34.9 Å². The van der Waals surface area contributed by atoms with Crippen LogP contribution < -0.4 is 0 Å². The van der Waals surface area contributed by atoms with Crippen LogP contribution >= 0.6 is 0 Å². The molecular formula is C8H20O8Si4. The second kappa shape index (κ2) is 6.61. The Morgan fingerprint density at radius 2 is 1.25 bits per heavy atom. The highest BCUT2D eigenvalue weighted by atomic mass is 28.5. The van der Waals surface area contributed by atoms with E-state index >= 15 is 0 Å². The van der Waals surface area contributed by atoms with Gasteiger partial charge in [0, 0.05) is 26.9 Å². The molecule has 20 heavy (non-hydrogen) atoms. The summed E-state index contributed by atoms with van der Waals surface area (Å²) in [7, 11) is -10.7. The average Bonchev–Trinajstić information content (AvgIpc) is 2.08. The summed E-state index contributed by atoms with van der Waals surface area (Å²) in [5, 5.41) is 0. The van der Waals surface area contributed by atoms with Crippen LogP contribution in [0.15, 0.2) is 0 Å². The van der Waals surface area contributed by atoms with Crippen molar-refractivity contribution in [2.24, 2.45) is 0 Å². The molecule has 0 aromatic carbocycles. The van der Waals surface area contributed by atoms with E-state index in [4.69, 9.17) is 25.3 Å². The van der Waals surface area contributed by atoms with Crippen molar-refractivity contribution in [2.75, 3.05) is 0 Å². The van der Waals surface area contributed by atoms with Gasteiger partial charge in [-0.15, -0.1) is 0 Å². The first-order valence-electron chi connectivity index (χ1n) is 6.14. The molecule has 1 saturated heterocycles. The van der Waals surface area contributed by atoms with E-state index in [1.807, 2.05) is 0 Å². The Hall–Kier alpha value is -0.352. The fraction of sp³-hybridized carbons (Fsp3) is 0.750. The van der Waals surface area contributed by atoms with Gasteiger partial charge in [0.25, 0.3) is 11.9 Å². The standard InChI is InChI=1S/C8H20O8Si4/c1-7(9)11-19(5)14-17(3)13-18(4)15-20(6,16-19)12-8(2)10/h17-18H,1-6H3. The first-order chi connectivity index (χ1) is 9.03. The van der Waals surface area contributed by atoms with Crippen molar-refractivity contribution in [1.29, 1.82) is 0 Å². The van der Waals surface area contributed by atoms with Crippen LogP contribution in [0.25, 0.3) is 0 Å². The number of rotatable bonds is 2. The number of hydrogen-bond donors (Lipinski definition) is 0. The maximum atomic E-state index is 11.2. The van der Waals surface area contributed by atoms with Crippen molar-refractivity contribution in [1.82, 2.24) is 0 Å². The zero-order valence-corrected chi connectivity index (χ0v) is 16.7. The van der Waals surface area contributed by atoms with Gasteiger partial charge < -0.3 is 25.3 Å². The third-order valence-corrected chi connectivity index (χ3v) is 15.6. The largest absolute Gasteiger partial charge is 0.548 e. The normalized spacial score (nSPS) is 38.5. The molecule has 1 fully saturated rings. The minimum Gasteiger partial charge on any atom is -0.474 e. The number of carbonyl (C=O) groups excluding carboxylic acids is 2. The Bertz CT molecular complexity index is 361. The lowest BCUT2D eigenvalue weighted by Gasteiger charge is -2.39. The molecule has 0 spiro atoms. The Labute approximate surface area is 123 Å². The van der Waals surface area contributed by atoms with Crippen LogP contribution in [0.1, 0.15) is 13.8 Å². The Balaban J connectivity index is 3.00. The molecule has 0 aliphatic carbocycles. The van der Waals surface area contributed by atoms with Gasteiger partial charge in [-0.1, -0.05) is 0 Å². The second-order valence-corrected chi connectivity index (χ2v) is 14.4. The third-order valence-electron chi connectivity index (χ3n) is 2.17. The van der Waals surface area contributed by atoms with Crippen LogP contribution in [0.3, 0.4) is 0 Å². The van der Waals surface area contributed by atoms with Gasteiger partial charge in [0.2, 0.25) is 0 Å². The molecule has 1 aliphatic rings. The smallest absolute Gasteiger partial charge is 0.474 e. The molecule has 0 bridgehead atoms. The molecule has 1 aliphatic heterocycles. The molecular weight excluding hydrogens is 336 g/mol. The van der Waals surface area contributed by atoms with E-state index in [0.717, 1.165) is 0 Å². The minimum atomic E-state index is -3.31. The molecule has 12 heteroatoms. The van der Waals surface area contributed by atoms with Gasteiger partial charge in [0.15, 0.2) is 0 Å². The second-order valence-electron chi connectivity index (χ2n) is 4.52. The zero-order valence-electron chi connectivity index (χ0n) is 12.4. The maximum Gasteiger partial charge on any atom is 0.548 e. The average molecular weight is 357 g/mol. The van der Waals surface area contributed by atoms with Crippen molar-refractivity contribution in [2.45, 2.75) is 40.0 Å². The molecule has 1 rings (SSSR count). The van der Waals surface area contributed by atoms with Gasteiger partial charge in [-0.3, -0.25) is 9.59 Å². The molecule has 0 aromatic heterocycles. The van der Waals surface area contributed by atoms with E-state index in [0.29, 0.717) is 0 Å². The summed E-state index contributed by atoms with van der Waals surface area (Å²) >= 11 is 0. The van der Waals surface area contributed by atoms with Gasteiger partial charge in [0.05, 0.1) is 0 Å². The first-order valence-corrected chi connectivity index (χ1v) is 14.8. The fourth-order valence-corrected chi connectivity index (χ4v) is 16.1. The van der Waals surface area contributed by atoms with E-state index in [1.54, 1.807) is 26.2 Å². The molecule has 1 heterocycles. The SMILES string of the molecule is CC(=O)O[Si]1(C)O[SiH](C)O[SiH](C)O[Si](C)(OC(C)=O)O1. The maximum absolute atomic E-state index is 11.2. The molecule has 0 saturated carbocycles. The van der Waals surface area contributed by atoms with Crippen LogP contribution in [0.5, 0.6) is 0 Å². The topological polar surface area (TPSA) is 89.5 Å². The predicted octanol–water partition coefficient (Wildman–Crippen LogP) is 0.0306. The van der Waals surface area contributed by atoms with E-state index in [1.165, 1.54) is 13.8 Å². The lowest BCUT2D eigenvalue weighted by Crippen LogP contribution is -2.62. The van der Waals surface area contributed by atoms with Gasteiger partial charge in [-0.2, -0.15) is 0 Å². The summed E-state index contributed by atoms with van der Waals surface area (Å²) in [5.74, 6) is -1.05. The molecule has 0 aromatic rings. The molecule has 0 N–H and O–H groups in total. The lowest BCUT2D eigenvalue weighted by molar-refractivity contribution is -0.136. The van der Waals surface area contributed by atoms with Crippen molar-refractivity contribution < 1.29 is 34.9 Å². The van der Waals surface area contributed by atoms with Crippen LogP contribution in [0, 0.1) is 0 Å². The molecule has 4 atom stereocenters. The van der Waals surface area contributed by atoms with Gasteiger partial charge in [0.1, 0.15) is 0 Å². The molecule has 8 nitrogen and oxygen atoms in total. The highest BCUT2D eigenvalue weighted by molar-refractivity contribution is 6.83. The van der Waals surface area contributed by atoms with Crippen LogP contribution in [-0.4, -0.2) is 48.1 Å². The number of hydrogen-bond acceptors (Lipinski definition) is 8. The Kier molecular flexibility index (Phi) is 5.85. The van der Waals surface area contributed by atoms with Crippen molar-refractivity contribution in [3.63, 3.8) is 0 Å². The highest BCUT2D eigenvalue weighted by Gasteiger charge is 2.55. The summed E-state index contributed by atoms with van der Waals surface area (Å²) in [5.41, 5.74) is 0. The Morgan fingerprint density at radius 3 is 1.55 bits per heavy atom. The van der Waals surface area contributed by atoms with Gasteiger partial charge >= 0.3 is 36.2 Å². The molecule has 0 amide bonds. The zero-order chi connectivity index (χ0) is 15.6. The predicted molar refractivity (Wildman–Crippen MR) is 77.1 cm³/mol. The summed E-state index contributed by atoms with van der Waals surface area (Å²) in [4.78, 5) is 22.4. The summed E-state index contributed by atoms with van der Waals surface area (Å²) < 4.78 is 33.3. The fourth-order valence-electron chi connectivity index (χ4n) is 1.93. The lowest BCUT2D eigenvalue weighted by atomic mass is 10.9. The number of carbonyl (C=O) groups is 2. The van der Waals surface area contributed by atoms with Crippen LogP contribution in [0.2, 0.25) is 26.2 Å². The first kappa shape index (κ1) is 17.7. The minimum absolute atomic E-state index is 0.523. The van der Waals surface area contributed by atoms with Crippen LogP contribution in [0.4, 0.5) is 0 Å². The summed E-state index contributed by atoms with van der Waals surface area (Å²) in [6.45, 7) is 9.27. The van der Waals surface area contributed by atoms with Crippen molar-refractivity contribution in [3.05, 3.63) is 0 Å². The highest BCUT2D eigenvalue weighted by Crippen LogP contribution is 2.24. The van der Waals surface area contributed by atoms with Gasteiger partial charge in [-0.05, 0) is 13.1 Å².